The fraction of sp³-hybridized carbons (Fsp3) is 0.250. The summed E-state index contributed by atoms with van der Waals surface area (Å²) in [5, 5.41) is 10.2. The maximum atomic E-state index is 10.2. The average molecular weight is 256 g/mol. The van der Waals surface area contributed by atoms with Gasteiger partial charge in [-0.3, -0.25) is 0 Å². The summed E-state index contributed by atoms with van der Waals surface area (Å²) in [6.07, 6.45) is -0.247. The van der Waals surface area contributed by atoms with Crippen molar-refractivity contribution in [3.05, 3.63) is 59.7 Å². The molecule has 19 heavy (non-hydrogen) atoms. The summed E-state index contributed by atoms with van der Waals surface area (Å²) in [5.41, 5.74) is 2.00. The van der Waals surface area contributed by atoms with Crippen molar-refractivity contribution in [2.75, 3.05) is 7.11 Å². The third-order valence-corrected chi connectivity index (χ3v) is 3.43. The van der Waals surface area contributed by atoms with E-state index in [9.17, 15) is 5.11 Å². The van der Waals surface area contributed by atoms with Gasteiger partial charge in [0.15, 0.2) is 0 Å². The number of hydrogen-bond acceptors (Lipinski definition) is 3. The van der Waals surface area contributed by atoms with E-state index in [1.54, 1.807) is 7.11 Å². The summed E-state index contributed by atoms with van der Waals surface area (Å²) >= 11 is 0. The molecule has 0 fully saturated rings. The van der Waals surface area contributed by atoms with Gasteiger partial charge in [0.05, 0.1) is 13.2 Å². The largest absolute Gasteiger partial charge is 0.497 e. The first kappa shape index (κ1) is 12.1. The Kier molecular flexibility index (Phi) is 3.13. The van der Waals surface area contributed by atoms with Crippen molar-refractivity contribution in [1.82, 2.24) is 0 Å². The molecule has 3 nitrogen and oxygen atoms in total. The van der Waals surface area contributed by atoms with Gasteiger partial charge in [0.1, 0.15) is 17.6 Å². The number of rotatable bonds is 2. The van der Waals surface area contributed by atoms with Crippen molar-refractivity contribution in [2.24, 2.45) is 0 Å². The van der Waals surface area contributed by atoms with Gasteiger partial charge in [-0.15, -0.1) is 0 Å². The van der Waals surface area contributed by atoms with Gasteiger partial charge in [0, 0.05) is 12.5 Å². The molecule has 0 saturated heterocycles. The zero-order valence-corrected chi connectivity index (χ0v) is 10.7. The summed E-state index contributed by atoms with van der Waals surface area (Å²) in [6, 6.07) is 15.5. The molecule has 1 heterocycles. The monoisotopic (exact) mass is 256 g/mol. The van der Waals surface area contributed by atoms with Crippen LogP contribution in [0.25, 0.3) is 0 Å². The Morgan fingerprint density at radius 1 is 1.16 bits per heavy atom. The fourth-order valence-corrected chi connectivity index (χ4v) is 2.42. The van der Waals surface area contributed by atoms with Crippen molar-refractivity contribution in [1.29, 1.82) is 0 Å². The second kappa shape index (κ2) is 4.94. The Morgan fingerprint density at radius 3 is 2.68 bits per heavy atom. The van der Waals surface area contributed by atoms with Crippen LogP contribution < -0.4 is 9.47 Å². The Balaban J connectivity index is 1.94. The highest BCUT2D eigenvalue weighted by atomic mass is 16.5. The number of aliphatic hydroxyl groups excluding tert-OH is 1. The lowest BCUT2D eigenvalue weighted by atomic mass is 9.95. The Bertz CT molecular complexity index is 565. The van der Waals surface area contributed by atoms with Crippen LogP contribution in [0.3, 0.4) is 0 Å². The molecule has 0 aliphatic carbocycles. The molecule has 0 saturated carbocycles. The van der Waals surface area contributed by atoms with Gasteiger partial charge in [-0.1, -0.05) is 36.4 Å². The van der Waals surface area contributed by atoms with E-state index in [0.717, 1.165) is 22.6 Å². The van der Waals surface area contributed by atoms with Crippen molar-refractivity contribution in [2.45, 2.75) is 18.6 Å². The molecule has 0 spiro atoms. The van der Waals surface area contributed by atoms with Gasteiger partial charge in [-0.2, -0.15) is 0 Å². The molecule has 0 bridgehead atoms. The molecule has 2 aromatic rings. The molecule has 2 atom stereocenters. The third-order valence-electron chi connectivity index (χ3n) is 3.43. The predicted octanol–water partition coefficient (Wildman–Crippen LogP) is 2.73. The van der Waals surface area contributed by atoms with Crippen LogP contribution in [0.1, 0.15) is 17.2 Å². The lowest BCUT2D eigenvalue weighted by molar-refractivity contribution is 0.0206. The summed E-state index contributed by atoms with van der Waals surface area (Å²) in [4.78, 5) is 0. The first-order valence-electron chi connectivity index (χ1n) is 6.34. The number of benzene rings is 2. The maximum Gasteiger partial charge on any atom is 0.150 e. The molecular formula is C16H16O3. The van der Waals surface area contributed by atoms with Crippen LogP contribution >= 0.6 is 0 Å². The van der Waals surface area contributed by atoms with Crippen LogP contribution in [-0.2, 0) is 6.42 Å². The minimum Gasteiger partial charge on any atom is -0.497 e. The smallest absolute Gasteiger partial charge is 0.150 e. The van der Waals surface area contributed by atoms with Gasteiger partial charge in [-0.05, 0) is 17.2 Å². The van der Waals surface area contributed by atoms with E-state index >= 15 is 0 Å². The Morgan fingerprint density at radius 2 is 1.95 bits per heavy atom. The Hall–Kier alpha value is -2.00. The van der Waals surface area contributed by atoms with Crippen molar-refractivity contribution in [3.63, 3.8) is 0 Å². The molecule has 1 aliphatic rings. The van der Waals surface area contributed by atoms with E-state index < -0.39 is 6.10 Å². The second-order valence-electron chi connectivity index (χ2n) is 4.69. The van der Waals surface area contributed by atoms with Gasteiger partial charge in [0.2, 0.25) is 0 Å². The van der Waals surface area contributed by atoms with Crippen LogP contribution in [0.5, 0.6) is 11.5 Å². The number of methoxy groups -OCH3 is 1. The lowest BCUT2D eigenvalue weighted by Gasteiger charge is -2.31. The van der Waals surface area contributed by atoms with Crippen LogP contribution in [0, 0.1) is 0 Å². The fourth-order valence-electron chi connectivity index (χ4n) is 2.42. The number of fused-ring (bicyclic) bond motifs is 1. The van der Waals surface area contributed by atoms with Gasteiger partial charge < -0.3 is 14.6 Å². The number of ether oxygens (including phenoxy) is 2. The van der Waals surface area contributed by atoms with E-state index in [1.807, 2.05) is 48.5 Å². The molecule has 2 aromatic carbocycles. The number of hydrogen-bond donors (Lipinski definition) is 1. The van der Waals surface area contributed by atoms with Crippen molar-refractivity contribution >= 4 is 0 Å². The Labute approximate surface area is 112 Å². The molecule has 0 unspecified atom stereocenters. The topological polar surface area (TPSA) is 38.7 Å². The molecule has 0 radical (unpaired) electrons. The SMILES string of the molecule is COc1ccc2c(c1)O[C@H](c1ccccc1)[C@H](O)C2. The van der Waals surface area contributed by atoms with E-state index in [1.165, 1.54) is 0 Å². The highest BCUT2D eigenvalue weighted by Gasteiger charge is 2.29. The minimum atomic E-state index is -0.525. The van der Waals surface area contributed by atoms with E-state index in [0.29, 0.717) is 6.42 Å². The first-order valence-corrected chi connectivity index (χ1v) is 6.34. The zero-order valence-electron chi connectivity index (χ0n) is 10.7. The second-order valence-corrected chi connectivity index (χ2v) is 4.69. The van der Waals surface area contributed by atoms with Crippen LogP contribution in [0.15, 0.2) is 48.5 Å². The highest BCUT2D eigenvalue weighted by Crippen LogP contribution is 2.37. The van der Waals surface area contributed by atoms with Crippen LogP contribution in [-0.4, -0.2) is 18.3 Å². The lowest BCUT2D eigenvalue weighted by Crippen LogP contribution is -2.30. The van der Waals surface area contributed by atoms with Crippen LogP contribution in [0.2, 0.25) is 0 Å². The third kappa shape index (κ3) is 2.29. The van der Waals surface area contributed by atoms with E-state index in [4.69, 9.17) is 9.47 Å². The normalized spacial score (nSPS) is 21.4. The molecule has 3 heteroatoms. The summed E-state index contributed by atoms with van der Waals surface area (Å²) < 4.78 is 11.1. The molecule has 0 amide bonds. The summed E-state index contributed by atoms with van der Waals surface area (Å²) in [5.74, 6) is 1.56. The first-order chi connectivity index (χ1) is 9.28. The maximum absolute atomic E-state index is 10.2. The summed E-state index contributed by atoms with van der Waals surface area (Å²) in [7, 11) is 1.63. The van der Waals surface area contributed by atoms with Gasteiger partial charge in [0.25, 0.3) is 0 Å². The minimum absolute atomic E-state index is 0.319. The van der Waals surface area contributed by atoms with Crippen molar-refractivity contribution < 1.29 is 14.6 Å². The zero-order chi connectivity index (χ0) is 13.2. The van der Waals surface area contributed by atoms with E-state index in [2.05, 4.69) is 0 Å². The molecule has 1 N–H and O–H groups in total. The van der Waals surface area contributed by atoms with Gasteiger partial charge >= 0.3 is 0 Å². The molecule has 1 aliphatic heterocycles. The quantitative estimate of drug-likeness (QED) is 0.898. The van der Waals surface area contributed by atoms with E-state index in [-0.39, 0.29) is 6.10 Å². The molecule has 98 valence electrons. The number of aliphatic hydroxyl groups is 1. The predicted molar refractivity (Wildman–Crippen MR) is 72.5 cm³/mol. The standard InChI is InChI=1S/C16H16O3/c1-18-13-8-7-12-9-14(17)16(19-15(12)10-13)11-5-3-2-4-6-11/h2-8,10,14,16-17H,9H2,1H3/t14-,16-/m1/s1. The molecule has 3 rings (SSSR count). The van der Waals surface area contributed by atoms with Gasteiger partial charge in [-0.25, -0.2) is 0 Å². The van der Waals surface area contributed by atoms with Crippen molar-refractivity contribution in [3.8, 4) is 11.5 Å². The molecular weight excluding hydrogens is 240 g/mol. The molecule has 0 aromatic heterocycles. The average Bonchev–Trinajstić information content (AvgIpc) is 2.47. The van der Waals surface area contributed by atoms with Crippen LogP contribution in [0.4, 0.5) is 0 Å². The highest BCUT2D eigenvalue weighted by molar-refractivity contribution is 5.43. The summed E-state index contributed by atoms with van der Waals surface area (Å²) in [6.45, 7) is 0.